The highest BCUT2D eigenvalue weighted by Crippen LogP contribution is 2.70. The smallest absolute Gasteiger partial charge is 0.338 e. The molecule has 0 saturated heterocycles. The van der Waals surface area contributed by atoms with E-state index in [-0.39, 0.29) is 22.7 Å². The summed E-state index contributed by atoms with van der Waals surface area (Å²) in [7, 11) is 0. The third-order valence-corrected chi connectivity index (χ3v) is 8.69. The molecule has 5 rings (SSSR count). The number of hydrogen-bond donors (Lipinski definition) is 1. The lowest BCUT2D eigenvalue weighted by atomic mass is 9.63. The van der Waals surface area contributed by atoms with Crippen molar-refractivity contribution in [2.24, 2.45) is 5.41 Å². The molecule has 2 aromatic carbocycles. The Balaban J connectivity index is 1.57. The molecule has 1 fully saturated rings. The summed E-state index contributed by atoms with van der Waals surface area (Å²) in [5.74, 6) is -0.439. The number of aromatic nitrogens is 2. The number of rotatable bonds is 4. The lowest BCUT2D eigenvalue weighted by Crippen LogP contribution is -2.48. The molecule has 1 N–H and O–H groups in total. The van der Waals surface area contributed by atoms with Crippen LogP contribution in [0.25, 0.3) is 11.0 Å². The second-order valence-corrected chi connectivity index (χ2v) is 10.5. The Bertz CT molecular complexity index is 1350. The van der Waals surface area contributed by atoms with Gasteiger partial charge in [-0.05, 0) is 86.6 Å². The number of nitrogens with one attached hydrogen (secondary N) is 1. The average molecular weight is 458 g/mol. The SMILES string of the molecule is CCOC(=O)c1ccc(NC(=O)C23CCC(C)(c4nc5cc(C)c(C)cc5nc42)C3(C)C)cc1. The molecule has 6 heteroatoms. The molecular weight excluding hydrogens is 426 g/mol. The van der Waals surface area contributed by atoms with Crippen molar-refractivity contribution in [3.05, 3.63) is 64.5 Å². The Morgan fingerprint density at radius 2 is 1.53 bits per heavy atom. The predicted octanol–water partition coefficient (Wildman–Crippen LogP) is 5.39. The van der Waals surface area contributed by atoms with Crippen molar-refractivity contribution in [2.45, 2.75) is 65.2 Å². The van der Waals surface area contributed by atoms with E-state index < -0.39 is 5.41 Å². The molecule has 1 heterocycles. The van der Waals surface area contributed by atoms with E-state index in [2.05, 4.69) is 52.1 Å². The first-order valence-corrected chi connectivity index (χ1v) is 11.9. The van der Waals surface area contributed by atoms with Crippen LogP contribution in [0, 0.1) is 19.3 Å². The Hall–Kier alpha value is -3.28. The number of ether oxygens (including phenoxy) is 1. The van der Waals surface area contributed by atoms with E-state index in [1.807, 2.05) is 0 Å². The molecule has 2 unspecified atom stereocenters. The monoisotopic (exact) mass is 457 g/mol. The van der Waals surface area contributed by atoms with E-state index in [9.17, 15) is 9.59 Å². The zero-order chi connectivity index (χ0) is 24.5. The van der Waals surface area contributed by atoms with Gasteiger partial charge in [0.1, 0.15) is 0 Å². The largest absolute Gasteiger partial charge is 0.462 e. The van der Waals surface area contributed by atoms with Crippen LogP contribution in [0.15, 0.2) is 36.4 Å². The summed E-state index contributed by atoms with van der Waals surface area (Å²) in [5.41, 5.74) is 5.55. The molecule has 1 saturated carbocycles. The van der Waals surface area contributed by atoms with Gasteiger partial charge in [0, 0.05) is 11.1 Å². The van der Waals surface area contributed by atoms with Crippen molar-refractivity contribution in [3.63, 3.8) is 0 Å². The van der Waals surface area contributed by atoms with E-state index in [4.69, 9.17) is 14.7 Å². The van der Waals surface area contributed by atoms with Gasteiger partial charge >= 0.3 is 5.97 Å². The van der Waals surface area contributed by atoms with Crippen molar-refractivity contribution in [1.82, 2.24) is 9.97 Å². The fourth-order valence-electron chi connectivity index (χ4n) is 6.00. The maximum atomic E-state index is 14.0. The molecule has 1 aromatic heterocycles. The summed E-state index contributed by atoms with van der Waals surface area (Å²) < 4.78 is 5.06. The molecule has 2 bridgehead atoms. The van der Waals surface area contributed by atoms with Gasteiger partial charge in [-0.15, -0.1) is 0 Å². The van der Waals surface area contributed by atoms with E-state index in [0.717, 1.165) is 40.8 Å². The van der Waals surface area contributed by atoms with Gasteiger partial charge in [0.25, 0.3) is 0 Å². The van der Waals surface area contributed by atoms with Gasteiger partial charge in [0.2, 0.25) is 5.91 Å². The minimum atomic E-state index is -0.781. The topological polar surface area (TPSA) is 81.2 Å². The number of aryl methyl sites for hydroxylation is 2. The zero-order valence-electron chi connectivity index (χ0n) is 20.7. The fourth-order valence-corrected chi connectivity index (χ4v) is 6.00. The number of esters is 1. The van der Waals surface area contributed by atoms with Crippen molar-refractivity contribution < 1.29 is 14.3 Å². The molecular formula is C28H31N3O3. The summed E-state index contributed by atoms with van der Waals surface area (Å²) in [5, 5.41) is 3.12. The molecule has 0 aliphatic heterocycles. The van der Waals surface area contributed by atoms with Crippen LogP contribution in [0.3, 0.4) is 0 Å². The molecule has 0 spiro atoms. The standard InChI is InChI=1S/C28H31N3O3/c1-7-34-24(32)18-8-10-19(11-9-18)29-25(33)28-13-12-27(6,26(28,4)5)22-23(28)31-21-15-17(3)16(2)14-20(21)30-22/h8-11,14-15H,7,12-13H2,1-6H3,(H,29,33). The van der Waals surface area contributed by atoms with Gasteiger partial charge < -0.3 is 10.1 Å². The minimum absolute atomic E-state index is 0.0682. The summed E-state index contributed by atoms with van der Waals surface area (Å²) in [6, 6.07) is 11.0. The second kappa shape index (κ2) is 7.36. The van der Waals surface area contributed by atoms with Gasteiger partial charge in [-0.2, -0.15) is 0 Å². The van der Waals surface area contributed by atoms with Crippen LogP contribution in [-0.4, -0.2) is 28.5 Å². The maximum absolute atomic E-state index is 14.0. The molecule has 2 aliphatic carbocycles. The predicted molar refractivity (Wildman–Crippen MR) is 132 cm³/mol. The number of nitrogens with zero attached hydrogens (tertiary/aromatic N) is 2. The molecule has 2 atom stereocenters. The van der Waals surface area contributed by atoms with E-state index in [0.29, 0.717) is 17.9 Å². The van der Waals surface area contributed by atoms with Gasteiger partial charge in [-0.1, -0.05) is 20.8 Å². The third-order valence-electron chi connectivity index (χ3n) is 8.69. The van der Waals surface area contributed by atoms with Crippen LogP contribution < -0.4 is 5.32 Å². The maximum Gasteiger partial charge on any atom is 0.338 e. The zero-order valence-corrected chi connectivity index (χ0v) is 20.7. The van der Waals surface area contributed by atoms with Crippen LogP contribution in [0.2, 0.25) is 0 Å². The van der Waals surface area contributed by atoms with Gasteiger partial charge in [-0.25, -0.2) is 14.8 Å². The average Bonchev–Trinajstić information content (AvgIpc) is 3.09. The van der Waals surface area contributed by atoms with Crippen molar-refractivity contribution in [1.29, 1.82) is 0 Å². The van der Waals surface area contributed by atoms with Crippen molar-refractivity contribution in [3.8, 4) is 0 Å². The first kappa shape index (κ1) is 22.5. The Morgan fingerprint density at radius 3 is 2.12 bits per heavy atom. The Morgan fingerprint density at radius 1 is 0.941 bits per heavy atom. The lowest BCUT2D eigenvalue weighted by Gasteiger charge is -2.39. The van der Waals surface area contributed by atoms with E-state index in [1.165, 1.54) is 5.56 Å². The van der Waals surface area contributed by atoms with Crippen LogP contribution in [0.4, 0.5) is 5.69 Å². The second-order valence-electron chi connectivity index (χ2n) is 10.5. The number of fused-ring (bicyclic) bond motifs is 6. The summed E-state index contributed by atoms with van der Waals surface area (Å²) >= 11 is 0. The summed E-state index contributed by atoms with van der Waals surface area (Å²) in [4.78, 5) is 36.2. The highest BCUT2D eigenvalue weighted by atomic mass is 16.5. The van der Waals surface area contributed by atoms with Crippen LogP contribution in [-0.2, 0) is 20.4 Å². The van der Waals surface area contributed by atoms with Crippen molar-refractivity contribution >= 4 is 28.6 Å². The number of carbonyl (C=O) groups is 2. The Labute approximate surface area is 200 Å². The highest BCUT2D eigenvalue weighted by molar-refractivity contribution is 6.02. The summed E-state index contributed by atoms with van der Waals surface area (Å²) in [6.45, 7) is 12.8. The van der Waals surface area contributed by atoms with Crippen molar-refractivity contribution in [2.75, 3.05) is 11.9 Å². The molecule has 0 radical (unpaired) electrons. The van der Waals surface area contributed by atoms with Crippen LogP contribution in [0.5, 0.6) is 0 Å². The molecule has 2 aliphatic rings. The normalized spacial score (nSPS) is 24.2. The van der Waals surface area contributed by atoms with Gasteiger partial charge in [-0.3, -0.25) is 4.79 Å². The molecule has 3 aromatic rings. The lowest BCUT2D eigenvalue weighted by molar-refractivity contribution is -0.125. The summed E-state index contributed by atoms with van der Waals surface area (Å²) in [6.07, 6.45) is 1.61. The van der Waals surface area contributed by atoms with E-state index in [1.54, 1.807) is 31.2 Å². The first-order valence-electron chi connectivity index (χ1n) is 11.9. The van der Waals surface area contributed by atoms with Crippen LogP contribution >= 0.6 is 0 Å². The van der Waals surface area contributed by atoms with Gasteiger partial charge in [0.15, 0.2) is 0 Å². The van der Waals surface area contributed by atoms with Crippen LogP contribution in [0.1, 0.15) is 73.4 Å². The fraction of sp³-hybridized carbons (Fsp3) is 0.429. The molecule has 176 valence electrons. The number of amides is 1. The molecule has 1 amide bonds. The highest BCUT2D eigenvalue weighted by Gasteiger charge is 2.73. The number of hydrogen-bond acceptors (Lipinski definition) is 5. The number of carbonyl (C=O) groups excluding carboxylic acids is 2. The molecule has 6 nitrogen and oxygen atoms in total. The number of benzene rings is 2. The number of anilines is 1. The molecule has 34 heavy (non-hydrogen) atoms. The van der Waals surface area contributed by atoms with E-state index >= 15 is 0 Å². The van der Waals surface area contributed by atoms with Gasteiger partial charge in [0.05, 0.1) is 40.0 Å². The third kappa shape index (κ3) is 2.80. The Kier molecular flexibility index (Phi) is 4.87. The first-order chi connectivity index (χ1) is 16.0. The minimum Gasteiger partial charge on any atom is -0.462 e. The quantitative estimate of drug-likeness (QED) is 0.531.